The number of carbonyl (C=O) groups excluding carboxylic acids is 1. The second kappa shape index (κ2) is 12.1. The van der Waals surface area contributed by atoms with Crippen LogP contribution in [0.3, 0.4) is 0 Å². The molecule has 0 aliphatic heterocycles. The third-order valence-corrected chi connectivity index (χ3v) is 6.43. The van der Waals surface area contributed by atoms with Gasteiger partial charge in [0.2, 0.25) is 0 Å². The van der Waals surface area contributed by atoms with Crippen LogP contribution in [-0.4, -0.2) is 25.5 Å². The van der Waals surface area contributed by atoms with Gasteiger partial charge in [0.05, 0.1) is 12.0 Å². The molecule has 0 radical (unpaired) electrons. The predicted molar refractivity (Wildman–Crippen MR) is 130 cm³/mol. The SMILES string of the molecule is CCC(C)(C)C(=O)Oc1ccc(OC(C)OCCOc2ccc(C3CCCCC3)cc2)cc1. The molecule has 180 valence electrons. The van der Waals surface area contributed by atoms with Crippen LogP contribution in [0.5, 0.6) is 17.2 Å². The molecule has 5 heteroatoms. The molecule has 2 aromatic carbocycles. The standard InChI is InChI=1S/C28H38O5/c1-5-28(3,4)27(29)33-26-17-15-25(16-18-26)32-21(2)30-19-20-31-24-13-11-23(12-14-24)22-9-7-6-8-10-22/h11-18,21-22H,5-10,19-20H2,1-4H3. The molecule has 33 heavy (non-hydrogen) atoms. The highest BCUT2D eigenvalue weighted by molar-refractivity contribution is 5.78. The van der Waals surface area contributed by atoms with E-state index in [1.54, 1.807) is 24.3 Å². The van der Waals surface area contributed by atoms with Crippen LogP contribution in [0, 0.1) is 5.41 Å². The highest BCUT2D eigenvalue weighted by Crippen LogP contribution is 2.33. The molecular weight excluding hydrogens is 416 g/mol. The van der Waals surface area contributed by atoms with Crippen molar-refractivity contribution >= 4 is 5.97 Å². The molecule has 0 spiro atoms. The fraction of sp³-hybridized carbons (Fsp3) is 0.536. The van der Waals surface area contributed by atoms with Gasteiger partial charge in [0.25, 0.3) is 0 Å². The fourth-order valence-electron chi connectivity index (χ4n) is 3.85. The molecule has 1 unspecified atom stereocenters. The van der Waals surface area contributed by atoms with Crippen molar-refractivity contribution in [3.8, 4) is 17.2 Å². The maximum absolute atomic E-state index is 12.2. The lowest BCUT2D eigenvalue weighted by atomic mass is 9.84. The zero-order chi connectivity index (χ0) is 23.7. The molecule has 1 fully saturated rings. The van der Waals surface area contributed by atoms with Crippen molar-refractivity contribution < 1.29 is 23.7 Å². The van der Waals surface area contributed by atoms with Crippen LogP contribution in [-0.2, 0) is 9.53 Å². The minimum absolute atomic E-state index is 0.237. The van der Waals surface area contributed by atoms with E-state index in [1.165, 1.54) is 37.7 Å². The molecule has 3 rings (SSSR count). The van der Waals surface area contributed by atoms with Crippen LogP contribution in [0.1, 0.15) is 77.7 Å². The van der Waals surface area contributed by atoms with Crippen LogP contribution in [0.15, 0.2) is 48.5 Å². The van der Waals surface area contributed by atoms with E-state index in [2.05, 4.69) is 24.3 Å². The Hall–Kier alpha value is -2.53. The van der Waals surface area contributed by atoms with Gasteiger partial charge in [0, 0.05) is 0 Å². The van der Waals surface area contributed by atoms with Gasteiger partial charge in [-0.15, -0.1) is 0 Å². The van der Waals surface area contributed by atoms with Crippen molar-refractivity contribution in [3.05, 3.63) is 54.1 Å². The molecule has 0 saturated heterocycles. The molecule has 1 saturated carbocycles. The molecule has 0 N–H and O–H groups in total. The minimum Gasteiger partial charge on any atom is -0.491 e. The third-order valence-electron chi connectivity index (χ3n) is 6.43. The topological polar surface area (TPSA) is 54.0 Å². The number of hydrogen-bond acceptors (Lipinski definition) is 5. The van der Waals surface area contributed by atoms with E-state index < -0.39 is 11.7 Å². The quantitative estimate of drug-likeness (QED) is 0.160. The Morgan fingerprint density at radius 2 is 1.52 bits per heavy atom. The number of ether oxygens (including phenoxy) is 4. The summed E-state index contributed by atoms with van der Waals surface area (Å²) in [4.78, 5) is 12.2. The van der Waals surface area contributed by atoms with Crippen molar-refractivity contribution in [1.29, 1.82) is 0 Å². The summed E-state index contributed by atoms with van der Waals surface area (Å²) < 4.78 is 22.7. The molecule has 0 heterocycles. The smallest absolute Gasteiger partial charge is 0.316 e. The maximum atomic E-state index is 12.2. The first-order valence-corrected chi connectivity index (χ1v) is 12.2. The lowest BCUT2D eigenvalue weighted by molar-refractivity contribution is -0.144. The van der Waals surface area contributed by atoms with Crippen molar-refractivity contribution in [2.75, 3.05) is 13.2 Å². The maximum Gasteiger partial charge on any atom is 0.316 e. The lowest BCUT2D eigenvalue weighted by Crippen LogP contribution is -2.28. The lowest BCUT2D eigenvalue weighted by Gasteiger charge is -2.22. The van der Waals surface area contributed by atoms with Gasteiger partial charge in [-0.1, -0.05) is 38.3 Å². The molecule has 0 aromatic heterocycles. The molecule has 5 nitrogen and oxygen atoms in total. The third kappa shape index (κ3) is 7.78. The minimum atomic E-state index is -0.503. The van der Waals surface area contributed by atoms with Gasteiger partial charge >= 0.3 is 5.97 Å². The molecular formula is C28H38O5. The highest BCUT2D eigenvalue weighted by atomic mass is 16.7. The summed E-state index contributed by atoms with van der Waals surface area (Å²) in [6.07, 6.45) is 6.96. The Kier molecular flexibility index (Phi) is 9.19. The zero-order valence-corrected chi connectivity index (χ0v) is 20.5. The average molecular weight is 455 g/mol. The number of esters is 1. The van der Waals surface area contributed by atoms with E-state index in [1.807, 2.05) is 27.7 Å². The Bertz CT molecular complexity index is 851. The van der Waals surface area contributed by atoms with Gasteiger partial charge in [-0.25, -0.2) is 0 Å². The fourth-order valence-corrected chi connectivity index (χ4v) is 3.85. The van der Waals surface area contributed by atoms with E-state index in [4.69, 9.17) is 18.9 Å². The number of carbonyl (C=O) groups is 1. The number of benzene rings is 2. The van der Waals surface area contributed by atoms with Gasteiger partial charge < -0.3 is 18.9 Å². The van der Waals surface area contributed by atoms with Gasteiger partial charge in [-0.2, -0.15) is 0 Å². The van der Waals surface area contributed by atoms with Crippen molar-refractivity contribution in [1.82, 2.24) is 0 Å². The monoisotopic (exact) mass is 454 g/mol. The normalized spacial score (nSPS) is 15.6. The van der Waals surface area contributed by atoms with Crippen LogP contribution in [0.2, 0.25) is 0 Å². The molecule has 1 aliphatic rings. The van der Waals surface area contributed by atoms with Gasteiger partial charge in [-0.3, -0.25) is 4.79 Å². The first kappa shape index (κ1) is 25.1. The summed E-state index contributed by atoms with van der Waals surface area (Å²) in [6, 6.07) is 15.5. The molecule has 2 aromatic rings. The summed E-state index contributed by atoms with van der Waals surface area (Å²) in [5.74, 6) is 2.49. The van der Waals surface area contributed by atoms with E-state index in [9.17, 15) is 4.79 Å². The Morgan fingerprint density at radius 1 is 0.909 bits per heavy atom. The van der Waals surface area contributed by atoms with Crippen LogP contribution in [0.4, 0.5) is 0 Å². The summed E-state index contributed by atoms with van der Waals surface area (Å²) in [7, 11) is 0. The molecule has 0 amide bonds. The van der Waals surface area contributed by atoms with E-state index >= 15 is 0 Å². The second-order valence-electron chi connectivity index (χ2n) is 9.41. The van der Waals surface area contributed by atoms with E-state index in [0.29, 0.717) is 30.6 Å². The van der Waals surface area contributed by atoms with E-state index in [0.717, 1.165) is 12.2 Å². The Labute approximate surface area is 198 Å². The zero-order valence-electron chi connectivity index (χ0n) is 20.5. The first-order chi connectivity index (χ1) is 15.9. The predicted octanol–water partition coefficient (Wildman–Crippen LogP) is 6.90. The summed E-state index contributed by atoms with van der Waals surface area (Å²) in [6.45, 7) is 8.45. The van der Waals surface area contributed by atoms with Crippen molar-refractivity contribution in [2.45, 2.75) is 78.4 Å². The largest absolute Gasteiger partial charge is 0.491 e. The summed E-state index contributed by atoms with van der Waals surface area (Å²) in [5, 5.41) is 0. The first-order valence-electron chi connectivity index (χ1n) is 12.2. The number of hydrogen-bond donors (Lipinski definition) is 0. The van der Waals surface area contributed by atoms with Crippen LogP contribution < -0.4 is 14.2 Å². The molecule has 1 aliphatic carbocycles. The van der Waals surface area contributed by atoms with E-state index in [-0.39, 0.29) is 5.97 Å². The number of rotatable bonds is 11. The Morgan fingerprint density at radius 3 is 2.15 bits per heavy atom. The second-order valence-corrected chi connectivity index (χ2v) is 9.41. The molecule has 0 bridgehead atoms. The Balaban J connectivity index is 1.35. The van der Waals surface area contributed by atoms with Gasteiger partial charge in [0.1, 0.15) is 23.9 Å². The highest BCUT2D eigenvalue weighted by Gasteiger charge is 2.27. The molecule has 1 atom stereocenters. The van der Waals surface area contributed by atoms with Gasteiger partial charge in [0.15, 0.2) is 6.29 Å². The summed E-state index contributed by atoms with van der Waals surface area (Å²) >= 11 is 0. The van der Waals surface area contributed by atoms with Gasteiger partial charge in [-0.05, 0) is 87.9 Å². The summed E-state index contributed by atoms with van der Waals surface area (Å²) in [5.41, 5.74) is 0.923. The van der Waals surface area contributed by atoms with Crippen LogP contribution >= 0.6 is 0 Å². The van der Waals surface area contributed by atoms with Crippen LogP contribution in [0.25, 0.3) is 0 Å². The average Bonchev–Trinajstić information content (AvgIpc) is 2.84. The van der Waals surface area contributed by atoms with Crippen molar-refractivity contribution in [2.24, 2.45) is 5.41 Å². The van der Waals surface area contributed by atoms with Crippen molar-refractivity contribution in [3.63, 3.8) is 0 Å².